The van der Waals surface area contributed by atoms with Gasteiger partial charge >= 0.3 is 6.18 Å². The summed E-state index contributed by atoms with van der Waals surface area (Å²) in [5, 5.41) is 8.06. The number of rotatable bonds is 3. The summed E-state index contributed by atoms with van der Waals surface area (Å²) in [6.45, 7) is 8.00. The van der Waals surface area contributed by atoms with Crippen LogP contribution in [0.5, 0.6) is 0 Å². The lowest BCUT2D eigenvalue weighted by Crippen LogP contribution is -2.17. The van der Waals surface area contributed by atoms with Gasteiger partial charge in [0.15, 0.2) is 0 Å². The van der Waals surface area contributed by atoms with Crippen LogP contribution in [0.15, 0.2) is 36.5 Å². The van der Waals surface area contributed by atoms with E-state index in [1.807, 2.05) is 38.6 Å². The molecule has 2 heterocycles. The number of alkyl halides is 3. The second-order valence-corrected chi connectivity index (χ2v) is 6.85. The fourth-order valence-corrected chi connectivity index (χ4v) is 3.11. The van der Waals surface area contributed by atoms with Crippen LogP contribution in [-0.4, -0.2) is 20.7 Å². The molecule has 0 saturated heterocycles. The molecule has 1 fully saturated rings. The molecule has 0 bridgehead atoms. The summed E-state index contributed by atoms with van der Waals surface area (Å²) in [5.41, 5.74) is -0.478. The topological polar surface area (TPSA) is 59.8 Å². The van der Waals surface area contributed by atoms with Crippen molar-refractivity contribution >= 4 is 34.1 Å². The third-order valence-corrected chi connectivity index (χ3v) is 4.89. The molecule has 0 radical (unpaired) electrons. The lowest BCUT2D eigenvalue weighted by atomic mass is 9.93. The van der Waals surface area contributed by atoms with Crippen molar-refractivity contribution < 1.29 is 18.0 Å². The predicted octanol–water partition coefficient (Wildman–Crippen LogP) is 7.13. The molecule has 5 nitrogen and oxygen atoms in total. The molecule has 1 amide bonds. The van der Waals surface area contributed by atoms with Gasteiger partial charge in [0.05, 0.1) is 22.3 Å². The molecule has 1 saturated carbocycles. The van der Waals surface area contributed by atoms with Crippen LogP contribution >= 0.6 is 11.6 Å². The molecule has 1 aromatic carbocycles. The van der Waals surface area contributed by atoms with Crippen LogP contribution in [0, 0.1) is 0 Å². The first-order chi connectivity index (χ1) is 14.8. The molecule has 0 unspecified atom stereocenters. The molecule has 1 N–H and O–H groups in total. The Hall–Kier alpha value is -2.61. The summed E-state index contributed by atoms with van der Waals surface area (Å²) in [6, 6.07) is 6.82. The maximum absolute atomic E-state index is 12.8. The molecule has 1 aliphatic carbocycles. The Labute approximate surface area is 184 Å². The zero-order chi connectivity index (χ0) is 23.2. The number of carbonyl (C=O) groups is 1. The van der Waals surface area contributed by atoms with Crippen molar-refractivity contribution in [2.45, 2.75) is 59.2 Å². The molecule has 2 aromatic heterocycles. The molecule has 3 aromatic rings. The second kappa shape index (κ2) is 10.6. The Morgan fingerprint density at radius 3 is 2.42 bits per heavy atom. The average molecular weight is 455 g/mol. The number of benzene rings is 1. The minimum atomic E-state index is -4.62. The molecule has 0 spiro atoms. The molecule has 168 valence electrons. The molecule has 9 heteroatoms. The zero-order valence-corrected chi connectivity index (χ0v) is 18.7. The maximum atomic E-state index is 12.8. The number of nitrogens with one attached hydrogen (secondary N) is 1. The van der Waals surface area contributed by atoms with E-state index in [1.165, 1.54) is 12.5 Å². The SMILES string of the molecule is CC.CC.O=C(Nc1cc2cn(C3CCC3)nc2cc1Cl)c1cccc(C(F)(F)F)n1. The van der Waals surface area contributed by atoms with E-state index in [1.54, 1.807) is 12.1 Å². The Bertz CT molecular complexity index is 1030. The van der Waals surface area contributed by atoms with Crippen LogP contribution in [-0.2, 0) is 6.18 Å². The highest BCUT2D eigenvalue weighted by molar-refractivity contribution is 6.34. The van der Waals surface area contributed by atoms with Crippen LogP contribution in [0.1, 0.15) is 69.2 Å². The van der Waals surface area contributed by atoms with Crippen LogP contribution in [0.3, 0.4) is 0 Å². The molecule has 0 aliphatic heterocycles. The minimum Gasteiger partial charge on any atom is -0.319 e. The highest BCUT2D eigenvalue weighted by Crippen LogP contribution is 2.34. The van der Waals surface area contributed by atoms with Gasteiger partial charge in [-0.1, -0.05) is 45.4 Å². The number of fused-ring (bicyclic) bond motifs is 1. The zero-order valence-electron chi connectivity index (χ0n) is 17.9. The van der Waals surface area contributed by atoms with E-state index in [-0.39, 0.29) is 10.7 Å². The molecule has 1 aliphatic rings. The van der Waals surface area contributed by atoms with E-state index in [0.717, 1.165) is 30.4 Å². The lowest BCUT2D eigenvalue weighted by molar-refractivity contribution is -0.141. The van der Waals surface area contributed by atoms with Gasteiger partial charge in [-0.15, -0.1) is 0 Å². The van der Waals surface area contributed by atoms with Crippen molar-refractivity contribution in [2.24, 2.45) is 0 Å². The lowest BCUT2D eigenvalue weighted by Gasteiger charge is -2.25. The highest BCUT2D eigenvalue weighted by atomic mass is 35.5. The van der Waals surface area contributed by atoms with E-state index >= 15 is 0 Å². The Morgan fingerprint density at radius 1 is 1.16 bits per heavy atom. The van der Waals surface area contributed by atoms with E-state index in [0.29, 0.717) is 17.2 Å². The number of pyridine rings is 1. The van der Waals surface area contributed by atoms with Crippen LogP contribution < -0.4 is 5.32 Å². The standard InChI is InChI=1S/C18H14ClF3N4O.2C2H6/c19-12-8-14-10(9-26(25-14)11-3-1-4-11)7-15(12)24-17(27)13-5-2-6-16(23-13)18(20,21)22;2*1-2/h2,5-9,11H,1,3-4H2,(H,24,27);2*1-2H3. The van der Waals surface area contributed by atoms with Gasteiger partial charge in [-0.2, -0.15) is 18.3 Å². The van der Waals surface area contributed by atoms with Crippen LogP contribution in [0.25, 0.3) is 10.9 Å². The number of aromatic nitrogens is 3. The van der Waals surface area contributed by atoms with Gasteiger partial charge in [-0.05, 0) is 43.5 Å². The Kier molecular flexibility index (Phi) is 8.44. The maximum Gasteiger partial charge on any atom is 0.433 e. The molecule has 31 heavy (non-hydrogen) atoms. The van der Waals surface area contributed by atoms with Gasteiger partial charge in [0.25, 0.3) is 5.91 Å². The third kappa shape index (κ3) is 5.76. The van der Waals surface area contributed by atoms with E-state index in [4.69, 9.17) is 11.6 Å². The van der Waals surface area contributed by atoms with Gasteiger partial charge in [-0.25, -0.2) is 4.98 Å². The number of hydrogen-bond donors (Lipinski definition) is 1. The van der Waals surface area contributed by atoms with E-state index in [2.05, 4.69) is 15.4 Å². The molecular formula is C22H26ClF3N4O. The number of hydrogen-bond acceptors (Lipinski definition) is 3. The molecule has 0 atom stereocenters. The van der Waals surface area contributed by atoms with Crippen LogP contribution in [0.2, 0.25) is 5.02 Å². The summed E-state index contributed by atoms with van der Waals surface area (Å²) in [7, 11) is 0. The van der Waals surface area contributed by atoms with Crippen molar-refractivity contribution in [3.63, 3.8) is 0 Å². The van der Waals surface area contributed by atoms with Gasteiger partial charge in [0, 0.05) is 11.6 Å². The molecule has 4 rings (SSSR count). The highest BCUT2D eigenvalue weighted by Gasteiger charge is 2.33. The summed E-state index contributed by atoms with van der Waals surface area (Å²) in [4.78, 5) is 15.7. The first-order valence-electron chi connectivity index (χ1n) is 10.4. The van der Waals surface area contributed by atoms with Crippen molar-refractivity contribution in [2.75, 3.05) is 5.32 Å². The summed E-state index contributed by atoms with van der Waals surface area (Å²) >= 11 is 6.21. The monoisotopic (exact) mass is 454 g/mol. The fraction of sp³-hybridized carbons (Fsp3) is 0.409. The van der Waals surface area contributed by atoms with Gasteiger partial charge in [0.1, 0.15) is 11.4 Å². The first kappa shape index (κ1) is 24.7. The van der Waals surface area contributed by atoms with Crippen LogP contribution in [0.4, 0.5) is 18.9 Å². The summed E-state index contributed by atoms with van der Waals surface area (Å²) < 4.78 is 40.2. The van der Waals surface area contributed by atoms with Gasteiger partial charge in [-0.3, -0.25) is 9.48 Å². The Balaban J connectivity index is 0.000000807. The van der Waals surface area contributed by atoms with Gasteiger partial charge < -0.3 is 5.32 Å². The second-order valence-electron chi connectivity index (χ2n) is 6.44. The quantitative estimate of drug-likeness (QED) is 0.457. The van der Waals surface area contributed by atoms with Gasteiger partial charge in [0.2, 0.25) is 0 Å². The number of nitrogens with zero attached hydrogens (tertiary/aromatic N) is 3. The van der Waals surface area contributed by atoms with E-state index in [9.17, 15) is 18.0 Å². The molecular weight excluding hydrogens is 429 g/mol. The van der Waals surface area contributed by atoms with Crippen molar-refractivity contribution in [1.82, 2.24) is 14.8 Å². The predicted molar refractivity (Wildman–Crippen MR) is 118 cm³/mol. The Morgan fingerprint density at radius 2 is 1.84 bits per heavy atom. The number of halogens is 4. The minimum absolute atomic E-state index is 0.252. The van der Waals surface area contributed by atoms with E-state index < -0.39 is 17.8 Å². The largest absolute Gasteiger partial charge is 0.433 e. The normalized spacial score (nSPS) is 13.4. The number of anilines is 1. The number of carbonyl (C=O) groups excluding carboxylic acids is 1. The third-order valence-electron chi connectivity index (χ3n) is 4.58. The van der Waals surface area contributed by atoms with Crippen molar-refractivity contribution in [3.8, 4) is 0 Å². The van der Waals surface area contributed by atoms with Crippen molar-refractivity contribution in [1.29, 1.82) is 0 Å². The number of amides is 1. The summed E-state index contributed by atoms with van der Waals surface area (Å²) in [6.07, 6.45) is 0.586. The first-order valence-corrected chi connectivity index (χ1v) is 10.7. The summed E-state index contributed by atoms with van der Waals surface area (Å²) in [5.74, 6) is -0.770. The fourth-order valence-electron chi connectivity index (χ4n) is 2.90. The van der Waals surface area contributed by atoms with Crippen molar-refractivity contribution in [3.05, 3.63) is 52.9 Å². The smallest absolute Gasteiger partial charge is 0.319 e. The average Bonchev–Trinajstić information content (AvgIpc) is 3.11.